The van der Waals surface area contributed by atoms with Crippen molar-refractivity contribution >= 4 is 22.9 Å². The van der Waals surface area contributed by atoms with Gasteiger partial charge in [0.05, 0.1) is 7.11 Å². The molecule has 0 aliphatic heterocycles. The summed E-state index contributed by atoms with van der Waals surface area (Å²) in [5, 5.41) is 35.2. The van der Waals surface area contributed by atoms with Gasteiger partial charge in [-0.1, -0.05) is 18.1 Å². The number of aromatic nitrogens is 5. The molecule has 0 amide bonds. The number of rotatable bonds is 7. The SMILES string of the molecule is CCn1nnc2c(NCc3cc(O)c(OC)cc3O)nc(NC3CCCCC3N)nc21. The van der Waals surface area contributed by atoms with Crippen molar-refractivity contribution in [2.45, 2.75) is 57.8 Å². The summed E-state index contributed by atoms with van der Waals surface area (Å²) < 4.78 is 6.72. The molecular formula is C20H28N8O3. The standard InChI is InChI=1S/C20H28N8O3/c1-3-28-19-17(26-27-28)18(22-10-11-8-15(30)16(31-2)9-14(11)29)24-20(25-19)23-13-7-5-4-6-12(13)21/h8-9,12-13,29-30H,3-7,10,21H2,1-2H3,(H2,22,23,24,25). The lowest BCUT2D eigenvalue weighted by Crippen LogP contribution is -2.43. The lowest BCUT2D eigenvalue weighted by molar-refractivity contribution is 0.367. The molecule has 1 fully saturated rings. The fourth-order valence-electron chi connectivity index (χ4n) is 3.85. The summed E-state index contributed by atoms with van der Waals surface area (Å²) in [6.07, 6.45) is 4.19. The third-order valence-electron chi connectivity index (χ3n) is 5.62. The van der Waals surface area contributed by atoms with Crippen LogP contribution in [0.5, 0.6) is 17.2 Å². The molecule has 2 atom stereocenters. The molecule has 31 heavy (non-hydrogen) atoms. The van der Waals surface area contributed by atoms with Crippen molar-refractivity contribution in [3.8, 4) is 17.2 Å². The predicted octanol–water partition coefficient (Wildman–Crippen LogP) is 1.95. The van der Waals surface area contributed by atoms with Crippen LogP contribution >= 0.6 is 0 Å². The van der Waals surface area contributed by atoms with Gasteiger partial charge in [0, 0.05) is 36.8 Å². The van der Waals surface area contributed by atoms with Gasteiger partial charge in [0.15, 0.2) is 28.5 Å². The molecule has 2 heterocycles. The molecule has 1 aromatic carbocycles. The van der Waals surface area contributed by atoms with E-state index in [4.69, 9.17) is 10.5 Å². The largest absolute Gasteiger partial charge is 0.507 e. The molecule has 3 aromatic rings. The Morgan fingerprint density at radius 2 is 2.00 bits per heavy atom. The zero-order valence-electron chi connectivity index (χ0n) is 17.7. The molecule has 1 aliphatic carbocycles. The van der Waals surface area contributed by atoms with E-state index in [0.717, 1.165) is 25.7 Å². The van der Waals surface area contributed by atoms with E-state index in [1.54, 1.807) is 4.68 Å². The van der Waals surface area contributed by atoms with Gasteiger partial charge in [0.25, 0.3) is 0 Å². The van der Waals surface area contributed by atoms with E-state index >= 15 is 0 Å². The van der Waals surface area contributed by atoms with Gasteiger partial charge >= 0.3 is 0 Å². The fraction of sp³-hybridized carbons (Fsp3) is 0.500. The highest BCUT2D eigenvalue weighted by Crippen LogP contribution is 2.33. The first kappa shape index (κ1) is 20.9. The van der Waals surface area contributed by atoms with Crippen LogP contribution in [0.4, 0.5) is 11.8 Å². The van der Waals surface area contributed by atoms with Crippen LogP contribution in [0.2, 0.25) is 0 Å². The minimum Gasteiger partial charge on any atom is -0.507 e. The molecule has 0 spiro atoms. The van der Waals surface area contributed by atoms with Crippen molar-refractivity contribution in [1.29, 1.82) is 0 Å². The van der Waals surface area contributed by atoms with E-state index in [9.17, 15) is 10.2 Å². The first-order chi connectivity index (χ1) is 15.0. The van der Waals surface area contributed by atoms with Crippen LogP contribution in [-0.4, -0.2) is 54.4 Å². The van der Waals surface area contributed by atoms with Crippen molar-refractivity contribution in [1.82, 2.24) is 25.0 Å². The number of anilines is 2. The van der Waals surface area contributed by atoms with Gasteiger partial charge in [0.2, 0.25) is 5.95 Å². The quantitative estimate of drug-likeness (QED) is 0.352. The minimum absolute atomic E-state index is 0.00353. The Labute approximate surface area is 179 Å². The van der Waals surface area contributed by atoms with E-state index in [0.29, 0.717) is 35.0 Å². The average molecular weight is 428 g/mol. The maximum atomic E-state index is 10.3. The molecular weight excluding hydrogens is 400 g/mol. The lowest BCUT2D eigenvalue weighted by Gasteiger charge is -2.29. The van der Waals surface area contributed by atoms with Crippen LogP contribution in [0.25, 0.3) is 11.2 Å². The Morgan fingerprint density at radius 3 is 2.74 bits per heavy atom. The normalized spacial score (nSPS) is 18.8. The first-order valence-electron chi connectivity index (χ1n) is 10.5. The first-order valence-corrected chi connectivity index (χ1v) is 10.5. The molecule has 0 radical (unpaired) electrons. The maximum absolute atomic E-state index is 10.3. The number of aryl methyl sites for hydroxylation is 1. The Morgan fingerprint density at radius 1 is 1.19 bits per heavy atom. The molecule has 1 saturated carbocycles. The highest BCUT2D eigenvalue weighted by atomic mass is 16.5. The number of phenols is 2. The smallest absolute Gasteiger partial charge is 0.227 e. The summed E-state index contributed by atoms with van der Waals surface area (Å²) in [5.41, 5.74) is 7.89. The number of ether oxygens (including phenoxy) is 1. The van der Waals surface area contributed by atoms with Gasteiger partial charge in [-0.3, -0.25) is 0 Å². The van der Waals surface area contributed by atoms with Gasteiger partial charge < -0.3 is 31.3 Å². The zero-order valence-corrected chi connectivity index (χ0v) is 17.7. The molecule has 11 nitrogen and oxygen atoms in total. The average Bonchev–Trinajstić information content (AvgIpc) is 3.18. The number of aromatic hydroxyl groups is 2. The lowest BCUT2D eigenvalue weighted by atomic mass is 9.91. The van der Waals surface area contributed by atoms with Crippen molar-refractivity contribution in [3.63, 3.8) is 0 Å². The number of benzene rings is 1. The Balaban J connectivity index is 1.63. The number of methoxy groups -OCH3 is 1. The van der Waals surface area contributed by atoms with Crippen LogP contribution in [-0.2, 0) is 13.1 Å². The minimum atomic E-state index is -0.0597. The van der Waals surface area contributed by atoms with Gasteiger partial charge in [-0.05, 0) is 25.8 Å². The van der Waals surface area contributed by atoms with E-state index < -0.39 is 0 Å². The predicted molar refractivity (Wildman–Crippen MR) is 116 cm³/mol. The molecule has 6 N–H and O–H groups in total. The highest BCUT2D eigenvalue weighted by molar-refractivity contribution is 5.83. The Bertz CT molecular complexity index is 1070. The van der Waals surface area contributed by atoms with Crippen molar-refractivity contribution in [2.24, 2.45) is 5.73 Å². The van der Waals surface area contributed by atoms with Crippen LogP contribution in [0.15, 0.2) is 12.1 Å². The van der Waals surface area contributed by atoms with E-state index in [1.807, 2.05) is 6.92 Å². The van der Waals surface area contributed by atoms with Crippen molar-refractivity contribution in [2.75, 3.05) is 17.7 Å². The van der Waals surface area contributed by atoms with Gasteiger partial charge in [-0.25, -0.2) is 4.68 Å². The molecule has 1 aliphatic rings. The number of hydrogen-bond acceptors (Lipinski definition) is 10. The molecule has 2 unspecified atom stereocenters. The topological polar surface area (TPSA) is 156 Å². The molecule has 166 valence electrons. The second kappa shape index (κ2) is 8.80. The number of nitrogens with zero attached hydrogens (tertiary/aromatic N) is 5. The monoisotopic (exact) mass is 428 g/mol. The zero-order chi connectivity index (χ0) is 22.0. The fourth-order valence-corrected chi connectivity index (χ4v) is 3.85. The van der Waals surface area contributed by atoms with Crippen molar-refractivity contribution in [3.05, 3.63) is 17.7 Å². The third kappa shape index (κ3) is 4.26. The van der Waals surface area contributed by atoms with Gasteiger partial charge in [-0.15, -0.1) is 5.10 Å². The number of hydrogen-bond donors (Lipinski definition) is 5. The summed E-state index contributed by atoms with van der Waals surface area (Å²) in [6.45, 7) is 2.78. The van der Waals surface area contributed by atoms with Crippen LogP contribution in [0, 0.1) is 0 Å². The van der Waals surface area contributed by atoms with Crippen LogP contribution in [0.3, 0.4) is 0 Å². The van der Waals surface area contributed by atoms with E-state index in [2.05, 4.69) is 30.9 Å². The summed E-state index contributed by atoms with van der Waals surface area (Å²) >= 11 is 0. The molecule has 2 aromatic heterocycles. The highest BCUT2D eigenvalue weighted by Gasteiger charge is 2.23. The summed E-state index contributed by atoms with van der Waals surface area (Å²) in [4.78, 5) is 9.22. The summed E-state index contributed by atoms with van der Waals surface area (Å²) in [6, 6.07) is 2.97. The van der Waals surface area contributed by atoms with E-state index in [1.165, 1.54) is 19.2 Å². The molecule has 11 heteroatoms. The summed E-state index contributed by atoms with van der Waals surface area (Å²) in [5.74, 6) is 1.07. The van der Waals surface area contributed by atoms with Gasteiger partial charge in [-0.2, -0.15) is 9.97 Å². The second-order valence-corrected chi connectivity index (χ2v) is 7.68. The second-order valence-electron chi connectivity index (χ2n) is 7.68. The Hall–Kier alpha value is -3.34. The number of phenolic OH excluding ortho intramolecular Hbond substituents is 2. The maximum Gasteiger partial charge on any atom is 0.227 e. The van der Waals surface area contributed by atoms with Crippen LogP contribution in [0.1, 0.15) is 38.2 Å². The Kier molecular flexibility index (Phi) is 5.94. The molecule has 0 bridgehead atoms. The number of nitrogens with two attached hydrogens (primary N) is 1. The third-order valence-corrected chi connectivity index (χ3v) is 5.62. The molecule has 0 saturated heterocycles. The number of fused-ring (bicyclic) bond motifs is 1. The van der Waals surface area contributed by atoms with Crippen molar-refractivity contribution < 1.29 is 14.9 Å². The van der Waals surface area contributed by atoms with E-state index in [-0.39, 0.29) is 35.9 Å². The van der Waals surface area contributed by atoms with Crippen LogP contribution < -0.4 is 21.1 Å². The van der Waals surface area contributed by atoms with Gasteiger partial charge in [0.1, 0.15) is 5.75 Å². The number of nitrogens with one attached hydrogen (secondary N) is 2. The summed E-state index contributed by atoms with van der Waals surface area (Å²) in [7, 11) is 1.42. The molecule has 4 rings (SSSR count).